The van der Waals surface area contributed by atoms with E-state index in [4.69, 9.17) is 9.47 Å². The molecular formula is C16H23NO3S. The maximum absolute atomic E-state index is 10.8. The summed E-state index contributed by atoms with van der Waals surface area (Å²) in [4.78, 5) is 1.03. The smallest absolute Gasteiger partial charge is 0.178 e. The fraction of sp³-hybridized carbons (Fsp3) is 0.438. The van der Waals surface area contributed by atoms with Crippen molar-refractivity contribution in [3.05, 3.63) is 40.8 Å². The maximum Gasteiger partial charge on any atom is 0.178 e. The molecule has 116 valence electrons. The van der Waals surface area contributed by atoms with Crippen LogP contribution in [0.3, 0.4) is 0 Å². The summed E-state index contributed by atoms with van der Waals surface area (Å²) in [6.07, 6.45) is 2.64. The zero-order valence-corrected chi connectivity index (χ0v) is 13.8. The minimum atomic E-state index is -2.36. The van der Waals surface area contributed by atoms with Crippen molar-refractivity contribution in [1.29, 1.82) is 5.26 Å². The lowest BCUT2D eigenvalue weighted by Gasteiger charge is -2.29. The molecule has 1 N–H and O–H groups in total. The first-order valence-corrected chi connectivity index (χ1v) is 8.88. The molecule has 1 atom stereocenters. The second-order valence-electron chi connectivity index (χ2n) is 4.61. The molecule has 0 saturated carbocycles. The van der Waals surface area contributed by atoms with Crippen LogP contribution in [-0.4, -0.2) is 30.3 Å². The largest absolute Gasteiger partial charge is 0.349 e. The third kappa shape index (κ3) is 4.87. The first kappa shape index (κ1) is 17.7. The Kier molecular flexibility index (Phi) is 6.93. The van der Waals surface area contributed by atoms with E-state index >= 15 is 0 Å². The molecule has 0 spiro atoms. The minimum Gasteiger partial charge on any atom is -0.349 e. The van der Waals surface area contributed by atoms with E-state index in [1.54, 1.807) is 12.3 Å². The minimum absolute atomic E-state index is 0.290. The van der Waals surface area contributed by atoms with Gasteiger partial charge in [-0.2, -0.15) is 5.26 Å². The van der Waals surface area contributed by atoms with Crippen LogP contribution in [0, 0.1) is 18.3 Å². The molecule has 0 aromatic heterocycles. The third-order valence-corrected chi connectivity index (χ3v) is 5.24. The zero-order valence-electron chi connectivity index (χ0n) is 13.0. The molecule has 0 aliphatic rings. The van der Waals surface area contributed by atoms with Crippen molar-refractivity contribution in [3.8, 4) is 6.07 Å². The first-order valence-electron chi connectivity index (χ1n) is 6.88. The summed E-state index contributed by atoms with van der Waals surface area (Å²) in [5.74, 6) is 0. The highest BCUT2D eigenvalue weighted by molar-refractivity contribution is 8.32. The van der Waals surface area contributed by atoms with Crippen molar-refractivity contribution < 1.29 is 14.0 Å². The molecule has 0 radical (unpaired) electrons. The summed E-state index contributed by atoms with van der Waals surface area (Å²) >= 11 is 0. The van der Waals surface area contributed by atoms with Gasteiger partial charge in [0.25, 0.3) is 0 Å². The summed E-state index contributed by atoms with van der Waals surface area (Å²) in [5.41, 5.74) is 1.11. The van der Waals surface area contributed by atoms with E-state index in [9.17, 15) is 9.81 Å². The zero-order chi connectivity index (χ0) is 15.9. The molecule has 0 aliphatic heterocycles. The molecule has 1 unspecified atom stereocenters. The van der Waals surface area contributed by atoms with Gasteiger partial charge >= 0.3 is 0 Å². The number of rotatable bonds is 7. The molecule has 0 fully saturated rings. The summed E-state index contributed by atoms with van der Waals surface area (Å²) in [6, 6.07) is 9.65. The van der Waals surface area contributed by atoms with Gasteiger partial charge in [-0.3, -0.25) is 0 Å². The van der Waals surface area contributed by atoms with Crippen LogP contribution in [0.15, 0.2) is 40.1 Å². The van der Waals surface area contributed by atoms with Gasteiger partial charge in [0, 0.05) is 18.1 Å². The fourth-order valence-electron chi connectivity index (χ4n) is 1.79. The lowest BCUT2D eigenvalue weighted by atomic mass is 10.2. The highest BCUT2D eigenvalue weighted by Gasteiger charge is 2.24. The molecule has 0 aliphatic carbocycles. The Morgan fingerprint density at radius 3 is 2.24 bits per heavy atom. The number of nitriles is 1. The molecule has 21 heavy (non-hydrogen) atoms. The summed E-state index contributed by atoms with van der Waals surface area (Å²) in [5, 5.41) is 9.39. The van der Waals surface area contributed by atoms with E-state index in [0.717, 1.165) is 10.5 Å². The van der Waals surface area contributed by atoms with E-state index in [1.807, 2.05) is 45.0 Å². The van der Waals surface area contributed by atoms with Crippen LogP contribution in [0.5, 0.6) is 0 Å². The Morgan fingerprint density at radius 2 is 1.81 bits per heavy atom. The van der Waals surface area contributed by atoms with Crippen molar-refractivity contribution in [2.24, 2.45) is 0 Å². The van der Waals surface area contributed by atoms with Gasteiger partial charge in [-0.15, -0.1) is 0 Å². The fourth-order valence-corrected chi connectivity index (χ4v) is 3.26. The lowest BCUT2D eigenvalue weighted by molar-refractivity contribution is -0.104. The Bertz CT molecular complexity index is 511. The first-order chi connectivity index (χ1) is 9.95. The van der Waals surface area contributed by atoms with Gasteiger partial charge in [-0.1, -0.05) is 28.0 Å². The molecule has 1 aromatic rings. The number of ether oxygens (including phenoxy) is 2. The van der Waals surface area contributed by atoms with Crippen molar-refractivity contribution in [1.82, 2.24) is 0 Å². The Balaban J connectivity index is 3.11. The lowest BCUT2D eigenvalue weighted by Crippen LogP contribution is -2.16. The number of hydrogen-bond donors (Lipinski definition) is 1. The molecule has 0 heterocycles. The molecule has 0 bridgehead atoms. The van der Waals surface area contributed by atoms with E-state index in [2.05, 4.69) is 6.07 Å². The molecule has 4 nitrogen and oxygen atoms in total. The monoisotopic (exact) mass is 309 g/mol. The van der Waals surface area contributed by atoms with E-state index in [-0.39, 0.29) is 0 Å². The second-order valence-corrected chi connectivity index (χ2v) is 7.27. The molecule has 5 heteroatoms. The van der Waals surface area contributed by atoms with Gasteiger partial charge < -0.3 is 14.0 Å². The van der Waals surface area contributed by atoms with E-state index < -0.39 is 16.6 Å². The normalized spacial score (nSPS) is 16.3. The number of nitrogens with zero attached hydrogens (tertiary/aromatic N) is 1. The van der Waals surface area contributed by atoms with E-state index in [1.165, 1.54) is 0 Å². The van der Waals surface area contributed by atoms with Gasteiger partial charge in [0.15, 0.2) is 6.29 Å². The average Bonchev–Trinajstić information content (AvgIpc) is 2.45. The van der Waals surface area contributed by atoms with Gasteiger partial charge in [0.1, 0.15) is 6.07 Å². The van der Waals surface area contributed by atoms with Gasteiger partial charge in [-0.05, 0) is 45.2 Å². The predicted octanol–water partition coefficient (Wildman–Crippen LogP) is 4.07. The van der Waals surface area contributed by atoms with Crippen molar-refractivity contribution in [3.63, 3.8) is 0 Å². The number of aryl methyl sites for hydroxylation is 1. The van der Waals surface area contributed by atoms with Crippen LogP contribution < -0.4 is 0 Å². The van der Waals surface area contributed by atoms with Crippen molar-refractivity contribution in [2.75, 3.05) is 19.5 Å². The van der Waals surface area contributed by atoms with Crippen LogP contribution in [-0.2, 0) is 9.47 Å². The molecule has 0 amide bonds. The molecule has 1 aromatic carbocycles. The van der Waals surface area contributed by atoms with Gasteiger partial charge in [0.2, 0.25) is 0 Å². The molecular weight excluding hydrogens is 286 g/mol. The Hall–Kier alpha value is -1.32. The Morgan fingerprint density at radius 1 is 1.29 bits per heavy atom. The van der Waals surface area contributed by atoms with Gasteiger partial charge in [-0.25, -0.2) is 0 Å². The van der Waals surface area contributed by atoms with Crippen LogP contribution >= 0.6 is 10.3 Å². The third-order valence-electron chi connectivity index (χ3n) is 2.97. The Labute approximate surface area is 128 Å². The summed E-state index contributed by atoms with van der Waals surface area (Å²) in [6.45, 7) is 6.65. The van der Waals surface area contributed by atoms with Crippen molar-refractivity contribution >= 4 is 10.3 Å². The second kappa shape index (κ2) is 8.20. The summed E-state index contributed by atoms with van der Waals surface area (Å²) < 4.78 is 21.6. The molecule has 0 saturated heterocycles. The quantitative estimate of drug-likeness (QED) is 0.609. The van der Waals surface area contributed by atoms with Crippen LogP contribution in [0.4, 0.5) is 0 Å². The standard InChI is InChI=1S/C16H23NO3S/c1-5-19-16(20-6-2)11-15(12-17)21(4,18)14-9-7-13(3)8-10-14/h7-11,16,18H,5-6H2,1-4H3/b15-11+. The highest BCUT2D eigenvalue weighted by atomic mass is 32.3. The summed E-state index contributed by atoms with van der Waals surface area (Å²) in [7, 11) is -2.36. The number of allylic oxidation sites excluding steroid dienone is 1. The van der Waals surface area contributed by atoms with Crippen LogP contribution in [0.2, 0.25) is 0 Å². The SMILES string of the molecule is CCOC(/C=C(\C#N)S(C)(O)c1ccc(C)cc1)OCC. The van der Waals surface area contributed by atoms with Gasteiger partial charge in [0.05, 0.1) is 4.91 Å². The topological polar surface area (TPSA) is 62.5 Å². The van der Waals surface area contributed by atoms with E-state index in [0.29, 0.717) is 18.1 Å². The maximum atomic E-state index is 10.8. The van der Waals surface area contributed by atoms with Crippen molar-refractivity contribution in [2.45, 2.75) is 32.0 Å². The number of benzene rings is 1. The van der Waals surface area contributed by atoms with Crippen LogP contribution in [0.1, 0.15) is 19.4 Å². The number of hydrogen-bond acceptors (Lipinski definition) is 4. The average molecular weight is 309 g/mol. The highest BCUT2D eigenvalue weighted by Crippen LogP contribution is 2.55. The van der Waals surface area contributed by atoms with Crippen LogP contribution in [0.25, 0.3) is 0 Å². The predicted molar refractivity (Wildman–Crippen MR) is 86.3 cm³/mol. The molecule has 1 rings (SSSR count).